The number of aromatic nitrogens is 3. The second kappa shape index (κ2) is 7.22. The minimum Gasteiger partial charge on any atom is -0.497 e. The molecule has 0 aliphatic carbocycles. The molecule has 0 atom stereocenters. The van der Waals surface area contributed by atoms with Crippen LogP contribution in [0.1, 0.15) is 10.4 Å². The smallest absolute Gasteiger partial charge is 0.336 e. The summed E-state index contributed by atoms with van der Waals surface area (Å²) in [5.74, 6) is -0.151. The number of hydrogen-bond donors (Lipinski definition) is 0. The Balaban J connectivity index is 2.14. The van der Waals surface area contributed by atoms with E-state index in [0.29, 0.717) is 11.5 Å². The van der Waals surface area contributed by atoms with E-state index in [4.69, 9.17) is 14.2 Å². The van der Waals surface area contributed by atoms with Crippen molar-refractivity contribution in [3.05, 3.63) is 53.8 Å². The first-order valence-corrected chi connectivity index (χ1v) is 7.61. The van der Waals surface area contributed by atoms with E-state index in [2.05, 4.69) is 10.1 Å². The summed E-state index contributed by atoms with van der Waals surface area (Å²) < 4.78 is 30.6. The van der Waals surface area contributed by atoms with E-state index in [1.165, 1.54) is 45.6 Å². The third kappa shape index (κ3) is 3.21. The molecule has 1 heterocycles. The minimum absolute atomic E-state index is 0.0340. The lowest BCUT2D eigenvalue weighted by Gasteiger charge is -2.09. The third-order valence-electron chi connectivity index (χ3n) is 3.68. The summed E-state index contributed by atoms with van der Waals surface area (Å²) in [6.07, 6.45) is 0. The van der Waals surface area contributed by atoms with Crippen LogP contribution in [0.4, 0.5) is 4.39 Å². The van der Waals surface area contributed by atoms with E-state index in [1.54, 1.807) is 18.2 Å². The normalized spacial score (nSPS) is 10.5. The summed E-state index contributed by atoms with van der Waals surface area (Å²) in [4.78, 5) is 17.1. The number of carbonyl (C=O) groups excluding carboxylic acids is 1. The molecule has 0 aliphatic heterocycles. The molecule has 7 nitrogen and oxygen atoms in total. The Morgan fingerprint density at radius 1 is 1.00 bits per heavy atom. The zero-order valence-electron chi connectivity index (χ0n) is 14.4. The second-order valence-corrected chi connectivity index (χ2v) is 5.22. The Morgan fingerprint density at radius 2 is 1.65 bits per heavy atom. The molecule has 0 bridgehead atoms. The number of nitrogens with zero attached hydrogens (tertiary/aromatic N) is 3. The average molecular weight is 357 g/mol. The Hall–Kier alpha value is -3.42. The third-order valence-corrected chi connectivity index (χ3v) is 3.68. The van der Waals surface area contributed by atoms with Crippen molar-refractivity contribution in [1.82, 2.24) is 14.8 Å². The van der Waals surface area contributed by atoms with Crippen LogP contribution in [0.3, 0.4) is 0 Å². The lowest BCUT2D eigenvalue weighted by atomic mass is 10.1. The van der Waals surface area contributed by atoms with Gasteiger partial charge in [-0.25, -0.2) is 4.39 Å². The number of hydrogen-bond acceptors (Lipinski definition) is 6. The summed E-state index contributed by atoms with van der Waals surface area (Å²) in [5.41, 5.74) is 0.373. The molecular formula is C18H16FN3O4. The molecule has 134 valence electrons. The molecule has 0 spiro atoms. The van der Waals surface area contributed by atoms with Gasteiger partial charge >= 0.3 is 6.01 Å². The zero-order chi connectivity index (χ0) is 18.7. The second-order valence-electron chi connectivity index (χ2n) is 5.22. The maximum atomic E-state index is 14.2. The molecule has 2 aromatic carbocycles. The van der Waals surface area contributed by atoms with Gasteiger partial charge in [-0.05, 0) is 24.3 Å². The van der Waals surface area contributed by atoms with Crippen molar-refractivity contribution in [3.8, 4) is 28.9 Å². The van der Waals surface area contributed by atoms with Crippen molar-refractivity contribution in [2.24, 2.45) is 0 Å². The van der Waals surface area contributed by atoms with Gasteiger partial charge in [0.05, 0.1) is 26.9 Å². The van der Waals surface area contributed by atoms with Gasteiger partial charge in [-0.3, -0.25) is 4.79 Å². The van der Waals surface area contributed by atoms with Crippen molar-refractivity contribution in [3.63, 3.8) is 0 Å². The van der Waals surface area contributed by atoms with Crippen LogP contribution in [-0.4, -0.2) is 42.0 Å². The average Bonchev–Trinajstić information content (AvgIpc) is 3.11. The molecule has 0 radical (unpaired) electrons. The summed E-state index contributed by atoms with van der Waals surface area (Å²) in [6, 6.07) is 10.6. The van der Waals surface area contributed by atoms with Gasteiger partial charge < -0.3 is 14.2 Å². The van der Waals surface area contributed by atoms with Crippen molar-refractivity contribution in [2.75, 3.05) is 21.3 Å². The highest BCUT2D eigenvalue weighted by Gasteiger charge is 2.22. The predicted octanol–water partition coefficient (Wildman–Crippen LogP) is 2.80. The van der Waals surface area contributed by atoms with E-state index in [1.807, 2.05) is 0 Å². The standard InChI is InChI=1S/C18H16FN3O4/c1-24-12-8-11(9-13(10-12)25-2)17(23)22-16(20-18(21-22)26-3)14-6-4-5-7-15(14)19/h4-10H,1-3H3. The van der Waals surface area contributed by atoms with Gasteiger partial charge in [0.1, 0.15) is 17.3 Å². The fourth-order valence-electron chi connectivity index (χ4n) is 2.39. The lowest BCUT2D eigenvalue weighted by Crippen LogP contribution is -2.16. The van der Waals surface area contributed by atoms with Crippen molar-refractivity contribution in [1.29, 1.82) is 0 Å². The van der Waals surface area contributed by atoms with Gasteiger partial charge in [-0.1, -0.05) is 12.1 Å². The molecule has 0 N–H and O–H groups in total. The monoisotopic (exact) mass is 357 g/mol. The predicted molar refractivity (Wildman–Crippen MR) is 91.2 cm³/mol. The number of ether oxygens (including phenoxy) is 3. The molecule has 0 amide bonds. The van der Waals surface area contributed by atoms with Gasteiger partial charge in [-0.15, -0.1) is 5.10 Å². The van der Waals surface area contributed by atoms with Crippen LogP contribution in [0.2, 0.25) is 0 Å². The van der Waals surface area contributed by atoms with Crippen LogP contribution in [0.5, 0.6) is 17.5 Å². The van der Waals surface area contributed by atoms with E-state index in [0.717, 1.165) is 4.68 Å². The molecule has 0 unspecified atom stereocenters. The van der Waals surface area contributed by atoms with Gasteiger partial charge in [0, 0.05) is 11.6 Å². The molecule has 0 aliphatic rings. The van der Waals surface area contributed by atoms with Gasteiger partial charge in [0.25, 0.3) is 5.91 Å². The molecule has 0 saturated carbocycles. The Bertz CT molecular complexity index is 933. The number of rotatable bonds is 5. The van der Waals surface area contributed by atoms with E-state index in [9.17, 15) is 9.18 Å². The molecule has 26 heavy (non-hydrogen) atoms. The van der Waals surface area contributed by atoms with Crippen LogP contribution in [0, 0.1) is 5.82 Å². The largest absolute Gasteiger partial charge is 0.497 e. The van der Waals surface area contributed by atoms with Crippen LogP contribution in [-0.2, 0) is 0 Å². The summed E-state index contributed by atoms with van der Waals surface area (Å²) in [6.45, 7) is 0. The fourth-order valence-corrected chi connectivity index (χ4v) is 2.39. The maximum Gasteiger partial charge on any atom is 0.336 e. The molecule has 1 aromatic heterocycles. The van der Waals surface area contributed by atoms with E-state index in [-0.39, 0.29) is 23.0 Å². The quantitative estimate of drug-likeness (QED) is 0.699. The SMILES string of the molecule is COc1cc(OC)cc(C(=O)n2nc(OC)nc2-c2ccccc2F)c1. The molecule has 8 heteroatoms. The number of carbonyl (C=O) groups is 1. The van der Waals surface area contributed by atoms with Crippen molar-refractivity contribution >= 4 is 5.91 Å². The summed E-state index contributed by atoms with van der Waals surface area (Å²) >= 11 is 0. The summed E-state index contributed by atoms with van der Waals surface area (Å²) in [5, 5.41) is 4.02. The molecule has 0 saturated heterocycles. The zero-order valence-corrected chi connectivity index (χ0v) is 14.4. The minimum atomic E-state index is -0.531. The first-order chi connectivity index (χ1) is 12.6. The van der Waals surface area contributed by atoms with Gasteiger partial charge in [0.2, 0.25) is 0 Å². The molecule has 3 rings (SSSR count). The summed E-state index contributed by atoms with van der Waals surface area (Å²) in [7, 11) is 4.32. The van der Waals surface area contributed by atoms with Crippen molar-refractivity contribution in [2.45, 2.75) is 0 Å². The molecule has 3 aromatic rings. The highest BCUT2D eigenvalue weighted by molar-refractivity contribution is 5.98. The molecular weight excluding hydrogens is 341 g/mol. The topological polar surface area (TPSA) is 75.5 Å². The Morgan fingerprint density at radius 3 is 2.23 bits per heavy atom. The first-order valence-electron chi connectivity index (χ1n) is 7.61. The first kappa shape index (κ1) is 17.4. The van der Waals surface area contributed by atoms with E-state index >= 15 is 0 Å². The maximum absolute atomic E-state index is 14.2. The lowest BCUT2D eigenvalue weighted by molar-refractivity contribution is 0.0944. The number of benzene rings is 2. The molecule has 0 fully saturated rings. The van der Waals surface area contributed by atoms with E-state index < -0.39 is 11.7 Å². The van der Waals surface area contributed by atoms with Crippen molar-refractivity contribution < 1.29 is 23.4 Å². The number of methoxy groups -OCH3 is 3. The van der Waals surface area contributed by atoms with Crippen LogP contribution >= 0.6 is 0 Å². The van der Waals surface area contributed by atoms with Gasteiger partial charge in [-0.2, -0.15) is 9.67 Å². The van der Waals surface area contributed by atoms with Crippen LogP contribution in [0.15, 0.2) is 42.5 Å². The highest BCUT2D eigenvalue weighted by Crippen LogP contribution is 2.26. The van der Waals surface area contributed by atoms with Gasteiger partial charge in [0.15, 0.2) is 5.82 Å². The highest BCUT2D eigenvalue weighted by atomic mass is 19.1. The number of halogens is 1. The van der Waals surface area contributed by atoms with Crippen LogP contribution in [0.25, 0.3) is 11.4 Å². The Labute approximate surface area is 148 Å². The fraction of sp³-hybridized carbons (Fsp3) is 0.167. The van der Waals surface area contributed by atoms with Crippen LogP contribution < -0.4 is 14.2 Å². The Kier molecular flexibility index (Phi) is 4.83.